The Morgan fingerprint density at radius 2 is 2.44 bits per heavy atom. The molecule has 6 nitrogen and oxygen atoms in total. The van der Waals surface area contributed by atoms with Crippen LogP contribution in [0.25, 0.3) is 0 Å². The summed E-state index contributed by atoms with van der Waals surface area (Å²) < 4.78 is 5.33. The number of pyridine rings is 1. The van der Waals surface area contributed by atoms with Crippen LogP contribution < -0.4 is 4.90 Å². The van der Waals surface area contributed by atoms with Crippen LogP contribution in [0.15, 0.2) is 18.3 Å². The van der Waals surface area contributed by atoms with Crippen LogP contribution in [-0.4, -0.2) is 35.5 Å². The molecule has 0 N–H and O–H groups in total. The molecule has 7 heteroatoms. The zero-order chi connectivity index (χ0) is 13.0. The normalized spacial score (nSPS) is 18.8. The maximum atomic E-state index is 10.5. The summed E-state index contributed by atoms with van der Waals surface area (Å²) in [6.45, 7) is 2.41. The molecule has 98 valence electrons. The number of anilines is 1. The molecule has 1 aromatic heterocycles. The van der Waals surface area contributed by atoms with Gasteiger partial charge in [-0.2, -0.15) is 12.6 Å². The molecule has 0 bridgehead atoms. The van der Waals surface area contributed by atoms with E-state index in [9.17, 15) is 10.1 Å². The molecule has 0 aromatic carbocycles. The van der Waals surface area contributed by atoms with E-state index < -0.39 is 4.92 Å². The number of rotatable bonds is 5. The van der Waals surface area contributed by atoms with Crippen molar-refractivity contribution in [3.05, 3.63) is 28.4 Å². The van der Waals surface area contributed by atoms with E-state index in [-0.39, 0.29) is 5.82 Å². The van der Waals surface area contributed by atoms with Crippen molar-refractivity contribution in [2.75, 3.05) is 30.5 Å². The molecule has 1 saturated heterocycles. The Hall–Kier alpha value is -1.34. The quantitative estimate of drug-likeness (QED) is 0.381. The Bertz CT molecular complexity index is 406. The van der Waals surface area contributed by atoms with E-state index in [1.807, 2.05) is 4.90 Å². The standard InChI is InChI=1S/C11H15N3O3S/c15-14(16)11-2-1-10(5-12-11)13(8-18)6-9-3-4-17-7-9/h1-2,5,9,18H,3-4,6-8H2. The van der Waals surface area contributed by atoms with Crippen LogP contribution in [0.4, 0.5) is 11.5 Å². The average molecular weight is 269 g/mol. The van der Waals surface area contributed by atoms with E-state index in [2.05, 4.69) is 17.6 Å². The molecule has 0 saturated carbocycles. The zero-order valence-corrected chi connectivity index (χ0v) is 10.8. The molecule has 1 aromatic rings. The highest BCUT2D eigenvalue weighted by Gasteiger charge is 2.20. The van der Waals surface area contributed by atoms with Gasteiger partial charge in [0.05, 0.1) is 18.2 Å². The minimum Gasteiger partial charge on any atom is -0.381 e. The third-order valence-electron chi connectivity index (χ3n) is 2.96. The number of hydrogen-bond acceptors (Lipinski definition) is 6. The lowest BCUT2D eigenvalue weighted by molar-refractivity contribution is -0.389. The third kappa shape index (κ3) is 3.11. The van der Waals surface area contributed by atoms with Crippen molar-refractivity contribution in [2.45, 2.75) is 6.42 Å². The van der Waals surface area contributed by atoms with Crippen molar-refractivity contribution in [1.82, 2.24) is 4.98 Å². The summed E-state index contributed by atoms with van der Waals surface area (Å²) in [7, 11) is 0. The van der Waals surface area contributed by atoms with Gasteiger partial charge >= 0.3 is 5.82 Å². The van der Waals surface area contributed by atoms with E-state index in [4.69, 9.17) is 4.74 Å². The lowest BCUT2D eigenvalue weighted by Gasteiger charge is -2.23. The fourth-order valence-corrected chi connectivity index (χ4v) is 2.24. The number of aromatic nitrogens is 1. The van der Waals surface area contributed by atoms with Gasteiger partial charge in [-0.3, -0.25) is 0 Å². The highest BCUT2D eigenvalue weighted by Crippen LogP contribution is 2.21. The Morgan fingerprint density at radius 3 is 2.94 bits per heavy atom. The Balaban J connectivity index is 2.04. The van der Waals surface area contributed by atoms with E-state index in [0.717, 1.165) is 31.9 Å². The molecule has 1 aliphatic rings. The molecule has 0 amide bonds. The second kappa shape index (κ2) is 6.01. The molecule has 1 aliphatic heterocycles. The fourth-order valence-electron chi connectivity index (χ4n) is 1.96. The number of thiol groups is 1. The van der Waals surface area contributed by atoms with Gasteiger partial charge in [-0.05, 0) is 22.4 Å². The summed E-state index contributed by atoms with van der Waals surface area (Å²) >= 11 is 4.29. The summed E-state index contributed by atoms with van der Waals surface area (Å²) in [5, 5.41) is 10.5. The molecular weight excluding hydrogens is 254 g/mol. The molecule has 0 aliphatic carbocycles. The topological polar surface area (TPSA) is 68.5 Å². The Kier molecular flexibility index (Phi) is 4.38. The molecule has 0 radical (unpaired) electrons. The first-order valence-corrected chi connectivity index (χ1v) is 6.38. The van der Waals surface area contributed by atoms with Gasteiger partial charge in [-0.15, -0.1) is 0 Å². The Morgan fingerprint density at radius 1 is 1.61 bits per heavy atom. The predicted octanol–water partition coefficient (Wildman–Crippen LogP) is 1.72. The van der Waals surface area contributed by atoms with E-state index in [1.165, 1.54) is 12.3 Å². The largest absolute Gasteiger partial charge is 0.381 e. The number of ether oxygens (including phenoxy) is 1. The molecule has 1 fully saturated rings. The molecule has 2 rings (SSSR count). The fraction of sp³-hybridized carbons (Fsp3) is 0.545. The van der Waals surface area contributed by atoms with Crippen LogP contribution in [0.5, 0.6) is 0 Å². The lowest BCUT2D eigenvalue weighted by atomic mass is 10.1. The first kappa shape index (κ1) is 13.1. The van der Waals surface area contributed by atoms with E-state index >= 15 is 0 Å². The van der Waals surface area contributed by atoms with Crippen LogP contribution in [0.2, 0.25) is 0 Å². The van der Waals surface area contributed by atoms with Crippen molar-refractivity contribution < 1.29 is 9.66 Å². The Labute approximate surface area is 111 Å². The molecule has 1 atom stereocenters. The van der Waals surface area contributed by atoms with Gasteiger partial charge in [0.1, 0.15) is 0 Å². The summed E-state index contributed by atoms with van der Waals surface area (Å²) in [4.78, 5) is 15.9. The monoisotopic (exact) mass is 269 g/mol. The van der Waals surface area contributed by atoms with E-state index in [0.29, 0.717) is 11.8 Å². The minimum atomic E-state index is -0.500. The van der Waals surface area contributed by atoms with Crippen LogP contribution in [0.1, 0.15) is 6.42 Å². The molecule has 1 unspecified atom stereocenters. The summed E-state index contributed by atoms with van der Waals surface area (Å²) in [6, 6.07) is 3.12. The SMILES string of the molecule is O=[N+]([O-])c1ccc(N(CS)CC2CCOC2)cn1. The van der Waals surface area contributed by atoms with Gasteiger partial charge in [-0.25, -0.2) is 0 Å². The van der Waals surface area contributed by atoms with Crippen LogP contribution in [-0.2, 0) is 4.74 Å². The van der Waals surface area contributed by atoms with Gasteiger partial charge in [-0.1, -0.05) is 0 Å². The summed E-state index contributed by atoms with van der Waals surface area (Å²) in [6.07, 6.45) is 2.56. The third-order valence-corrected chi connectivity index (χ3v) is 3.30. The highest BCUT2D eigenvalue weighted by molar-refractivity contribution is 7.80. The van der Waals surface area contributed by atoms with Crippen molar-refractivity contribution >= 4 is 24.1 Å². The van der Waals surface area contributed by atoms with Crippen molar-refractivity contribution in [1.29, 1.82) is 0 Å². The van der Waals surface area contributed by atoms with Gasteiger partial charge < -0.3 is 19.8 Å². The van der Waals surface area contributed by atoms with Gasteiger partial charge in [0, 0.05) is 25.1 Å². The number of nitro groups is 1. The first-order chi connectivity index (χ1) is 8.70. The van der Waals surface area contributed by atoms with Gasteiger partial charge in [0.25, 0.3) is 0 Å². The van der Waals surface area contributed by atoms with Gasteiger partial charge in [0.15, 0.2) is 6.20 Å². The highest BCUT2D eigenvalue weighted by atomic mass is 32.1. The maximum Gasteiger partial charge on any atom is 0.363 e. The smallest absolute Gasteiger partial charge is 0.363 e. The van der Waals surface area contributed by atoms with Crippen molar-refractivity contribution in [2.24, 2.45) is 5.92 Å². The maximum absolute atomic E-state index is 10.5. The first-order valence-electron chi connectivity index (χ1n) is 5.74. The van der Waals surface area contributed by atoms with Crippen molar-refractivity contribution in [3.8, 4) is 0 Å². The van der Waals surface area contributed by atoms with Crippen LogP contribution >= 0.6 is 12.6 Å². The van der Waals surface area contributed by atoms with E-state index in [1.54, 1.807) is 6.07 Å². The molecule has 0 spiro atoms. The summed E-state index contributed by atoms with van der Waals surface area (Å²) in [5.41, 5.74) is 0.850. The molecule has 2 heterocycles. The average Bonchev–Trinajstić information content (AvgIpc) is 2.89. The molecule has 18 heavy (non-hydrogen) atoms. The number of hydrogen-bond donors (Lipinski definition) is 1. The zero-order valence-electron chi connectivity index (χ0n) is 9.86. The van der Waals surface area contributed by atoms with Crippen molar-refractivity contribution in [3.63, 3.8) is 0 Å². The second-order valence-electron chi connectivity index (χ2n) is 4.23. The predicted molar refractivity (Wildman–Crippen MR) is 71.0 cm³/mol. The number of nitrogens with zero attached hydrogens (tertiary/aromatic N) is 3. The summed E-state index contributed by atoms with van der Waals surface area (Å²) in [5.74, 6) is 0.908. The molecular formula is C11H15N3O3S. The van der Waals surface area contributed by atoms with Gasteiger partial charge in [0.2, 0.25) is 0 Å². The lowest BCUT2D eigenvalue weighted by Crippen LogP contribution is -2.28. The van der Waals surface area contributed by atoms with Crippen LogP contribution in [0.3, 0.4) is 0 Å². The second-order valence-corrected chi connectivity index (χ2v) is 4.51. The minimum absolute atomic E-state index is 0.137. The van der Waals surface area contributed by atoms with Crippen LogP contribution in [0, 0.1) is 16.0 Å².